The van der Waals surface area contributed by atoms with E-state index in [1.807, 2.05) is 11.3 Å². The summed E-state index contributed by atoms with van der Waals surface area (Å²) in [4.78, 5) is 7.03. The van der Waals surface area contributed by atoms with Crippen molar-refractivity contribution in [3.63, 3.8) is 0 Å². The number of ether oxygens (including phenoxy) is 1. The summed E-state index contributed by atoms with van der Waals surface area (Å²) < 4.78 is 5.77. The van der Waals surface area contributed by atoms with Gasteiger partial charge in [0.25, 0.3) is 0 Å². The molecular weight excluding hydrogens is 270 g/mol. The number of hydrogen-bond donors (Lipinski definition) is 2. The Labute approximate surface area is 125 Å². The van der Waals surface area contributed by atoms with Crippen molar-refractivity contribution in [2.75, 3.05) is 20.2 Å². The molecule has 1 fully saturated rings. The minimum Gasteiger partial charge on any atom is -0.373 e. The standard InChI is InChI=1S/C15H25N3OS/c1-4-12-6-7-13(20-12)10-17-14(16-3)18-11-15(2)8-5-9-19-15/h6-7H,4-5,8-11H2,1-3H3,(H2,16,17,18). The van der Waals surface area contributed by atoms with Crippen LogP contribution in [0.3, 0.4) is 0 Å². The first-order valence-corrected chi connectivity index (χ1v) is 8.13. The predicted molar refractivity (Wildman–Crippen MR) is 85.5 cm³/mol. The van der Waals surface area contributed by atoms with Gasteiger partial charge in [-0.15, -0.1) is 11.3 Å². The molecule has 2 N–H and O–H groups in total. The van der Waals surface area contributed by atoms with E-state index >= 15 is 0 Å². The van der Waals surface area contributed by atoms with Crippen LogP contribution in [0.5, 0.6) is 0 Å². The van der Waals surface area contributed by atoms with Crippen LogP contribution in [0.15, 0.2) is 17.1 Å². The van der Waals surface area contributed by atoms with Gasteiger partial charge < -0.3 is 15.4 Å². The fraction of sp³-hybridized carbons (Fsp3) is 0.667. The molecule has 0 aliphatic carbocycles. The summed E-state index contributed by atoms with van der Waals surface area (Å²) >= 11 is 1.86. The van der Waals surface area contributed by atoms with E-state index in [1.165, 1.54) is 9.75 Å². The second-order valence-corrected chi connectivity index (χ2v) is 6.66. The van der Waals surface area contributed by atoms with Gasteiger partial charge in [0, 0.05) is 30.0 Å². The molecule has 0 radical (unpaired) electrons. The number of rotatable bonds is 5. The summed E-state index contributed by atoms with van der Waals surface area (Å²) in [5, 5.41) is 6.72. The Morgan fingerprint density at radius 2 is 2.20 bits per heavy atom. The van der Waals surface area contributed by atoms with Crippen molar-refractivity contribution in [1.29, 1.82) is 0 Å². The highest BCUT2D eigenvalue weighted by atomic mass is 32.1. The molecule has 5 heteroatoms. The SMILES string of the molecule is CCc1ccc(CNC(=NC)NCC2(C)CCCO2)s1. The number of hydrogen-bond acceptors (Lipinski definition) is 3. The van der Waals surface area contributed by atoms with E-state index in [9.17, 15) is 0 Å². The van der Waals surface area contributed by atoms with Gasteiger partial charge in [-0.1, -0.05) is 6.92 Å². The third kappa shape index (κ3) is 4.21. The minimum atomic E-state index is -0.0457. The lowest BCUT2D eigenvalue weighted by molar-refractivity contribution is 0.0243. The molecule has 1 aliphatic heterocycles. The Hall–Kier alpha value is -1.07. The Bertz CT molecular complexity index is 450. The van der Waals surface area contributed by atoms with Gasteiger partial charge in [0.15, 0.2) is 5.96 Å². The molecule has 1 aromatic heterocycles. The summed E-state index contributed by atoms with van der Waals surface area (Å²) in [6.45, 7) is 6.84. The Morgan fingerprint density at radius 1 is 1.40 bits per heavy atom. The quantitative estimate of drug-likeness (QED) is 0.648. The van der Waals surface area contributed by atoms with Gasteiger partial charge in [-0.05, 0) is 38.3 Å². The van der Waals surface area contributed by atoms with Gasteiger partial charge in [0.1, 0.15) is 0 Å². The van der Waals surface area contributed by atoms with E-state index in [0.717, 1.165) is 44.9 Å². The van der Waals surface area contributed by atoms with Crippen molar-refractivity contribution in [1.82, 2.24) is 10.6 Å². The normalized spacial score (nSPS) is 23.1. The van der Waals surface area contributed by atoms with Crippen molar-refractivity contribution in [3.05, 3.63) is 21.9 Å². The topological polar surface area (TPSA) is 45.7 Å². The van der Waals surface area contributed by atoms with Gasteiger partial charge in [-0.3, -0.25) is 4.99 Å². The monoisotopic (exact) mass is 295 g/mol. The maximum atomic E-state index is 5.77. The zero-order valence-electron chi connectivity index (χ0n) is 12.7. The molecule has 112 valence electrons. The third-order valence-corrected chi connectivity index (χ3v) is 4.88. The molecule has 1 atom stereocenters. The Kier molecular flexibility index (Phi) is 5.43. The molecule has 0 aromatic carbocycles. The van der Waals surface area contributed by atoms with E-state index < -0.39 is 0 Å². The van der Waals surface area contributed by atoms with Crippen LogP contribution in [0.2, 0.25) is 0 Å². The molecule has 1 aromatic rings. The second kappa shape index (κ2) is 7.09. The molecule has 4 nitrogen and oxygen atoms in total. The van der Waals surface area contributed by atoms with Crippen molar-refractivity contribution in [2.24, 2.45) is 4.99 Å². The van der Waals surface area contributed by atoms with Gasteiger partial charge in [0.05, 0.1) is 12.1 Å². The molecule has 1 saturated heterocycles. The lowest BCUT2D eigenvalue weighted by atomic mass is 10.0. The largest absolute Gasteiger partial charge is 0.373 e. The summed E-state index contributed by atoms with van der Waals surface area (Å²) in [6, 6.07) is 4.39. The molecule has 20 heavy (non-hydrogen) atoms. The van der Waals surface area contributed by atoms with Crippen LogP contribution in [-0.2, 0) is 17.7 Å². The van der Waals surface area contributed by atoms with Crippen LogP contribution in [0.25, 0.3) is 0 Å². The lowest BCUT2D eigenvalue weighted by Gasteiger charge is -2.24. The molecular formula is C15H25N3OS. The summed E-state index contributed by atoms with van der Waals surface area (Å²) in [6.07, 6.45) is 3.37. The number of aliphatic imine (C=N–C) groups is 1. The lowest BCUT2D eigenvalue weighted by Crippen LogP contribution is -2.45. The van der Waals surface area contributed by atoms with Crippen LogP contribution in [0, 0.1) is 0 Å². The maximum Gasteiger partial charge on any atom is 0.191 e. The van der Waals surface area contributed by atoms with E-state index in [2.05, 4.69) is 41.6 Å². The molecule has 1 unspecified atom stereocenters. The first kappa shape index (κ1) is 15.3. The molecule has 2 rings (SSSR count). The zero-order chi connectivity index (χ0) is 14.4. The predicted octanol–water partition coefficient (Wildman–Crippen LogP) is 2.54. The molecule has 2 heterocycles. The van der Waals surface area contributed by atoms with E-state index in [0.29, 0.717) is 0 Å². The molecule has 1 aliphatic rings. The Morgan fingerprint density at radius 3 is 2.80 bits per heavy atom. The van der Waals surface area contributed by atoms with Crippen LogP contribution in [-0.4, -0.2) is 31.8 Å². The van der Waals surface area contributed by atoms with Gasteiger partial charge >= 0.3 is 0 Å². The summed E-state index contributed by atoms with van der Waals surface area (Å²) in [5.41, 5.74) is -0.0457. The fourth-order valence-electron chi connectivity index (χ4n) is 2.35. The molecule has 0 amide bonds. The van der Waals surface area contributed by atoms with Crippen molar-refractivity contribution in [3.8, 4) is 0 Å². The van der Waals surface area contributed by atoms with Crippen LogP contribution < -0.4 is 10.6 Å². The van der Waals surface area contributed by atoms with Crippen LogP contribution in [0.4, 0.5) is 0 Å². The first-order valence-electron chi connectivity index (χ1n) is 7.31. The highest BCUT2D eigenvalue weighted by molar-refractivity contribution is 7.11. The van der Waals surface area contributed by atoms with Gasteiger partial charge in [-0.2, -0.15) is 0 Å². The van der Waals surface area contributed by atoms with Crippen LogP contribution >= 0.6 is 11.3 Å². The van der Waals surface area contributed by atoms with E-state index in [4.69, 9.17) is 4.74 Å². The minimum absolute atomic E-state index is 0.0457. The summed E-state index contributed by atoms with van der Waals surface area (Å²) in [7, 11) is 1.80. The zero-order valence-corrected chi connectivity index (χ0v) is 13.5. The van der Waals surface area contributed by atoms with E-state index in [1.54, 1.807) is 7.05 Å². The first-order chi connectivity index (χ1) is 9.65. The highest BCUT2D eigenvalue weighted by Crippen LogP contribution is 2.23. The van der Waals surface area contributed by atoms with Crippen molar-refractivity contribution in [2.45, 2.75) is 45.3 Å². The van der Waals surface area contributed by atoms with Crippen molar-refractivity contribution < 1.29 is 4.74 Å². The van der Waals surface area contributed by atoms with Gasteiger partial charge in [0.2, 0.25) is 0 Å². The van der Waals surface area contributed by atoms with Crippen molar-refractivity contribution >= 4 is 17.3 Å². The molecule has 0 bridgehead atoms. The fourth-order valence-corrected chi connectivity index (χ4v) is 3.24. The number of nitrogens with zero attached hydrogens (tertiary/aromatic N) is 1. The number of nitrogens with one attached hydrogen (secondary N) is 2. The van der Waals surface area contributed by atoms with Crippen LogP contribution in [0.1, 0.15) is 36.4 Å². The maximum absolute atomic E-state index is 5.77. The second-order valence-electron chi connectivity index (χ2n) is 5.40. The van der Waals surface area contributed by atoms with E-state index in [-0.39, 0.29) is 5.60 Å². The average Bonchev–Trinajstić information content (AvgIpc) is 3.08. The number of aryl methyl sites for hydroxylation is 1. The van der Waals surface area contributed by atoms with Gasteiger partial charge in [-0.25, -0.2) is 0 Å². The average molecular weight is 295 g/mol. The third-order valence-electron chi connectivity index (χ3n) is 3.65. The number of thiophene rings is 1. The number of guanidine groups is 1. The molecule has 0 saturated carbocycles. The summed E-state index contributed by atoms with van der Waals surface area (Å²) in [5.74, 6) is 0.841. The smallest absolute Gasteiger partial charge is 0.191 e. The molecule has 0 spiro atoms. The highest BCUT2D eigenvalue weighted by Gasteiger charge is 2.29. The Balaban J connectivity index is 1.77.